The Kier molecular flexibility index (Phi) is 3.54. The molecule has 2 rings (SSSR count). The summed E-state index contributed by atoms with van der Waals surface area (Å²) in [6.45, 7) is 0.280. The second kappa shape index (κ2) is 4.93. The van der Waals surface area contributed by atoms with Crippen molar-refractivity contribution in [2.24, 2.45) is 10.2 Å². The van der Waals surface area contributed by atoms with E-state index in [0.717, 1.165) is 0 Å². The van der Waals surface area contributed by atoms with Crippen LogP contribution in [0.1, 0.15) is 0 Å². The van der Waals surface area contributed by atoms with Gasteiger partial charge in [0.2, 0.25) is 5.11 Å². The lowest BCUT2D eigenvalue weighted by molar-refractivity contribution is 0.228. The van der Waals surface area contributed by atoms with Crippen molar-refractivity contribution in [2.45, 2.75) is 6.17 Å². The molecule has 90 valence electrons. The highest BCUT2D eigenvalue weighted by Crippen LogP contribution is 2.22. The van der Waals surface area contributed by atoms with Crippen LogP contribution in [0.15, 0.2) is 28.4 Å². The third-order valence-corrected chi connectivity index (χ3v) is 2.97. The summed E-state index contributed by atoms with van der Waals surface area (Å²) >= 11 is 10.6. The Hall–Kier alpha value is -1.27. The number of thiocarbonyl (C=S) groups is 1. The highest BCUT2D eigenvalue weighted by atomic mass is 35.5. The van der Waals surface area contributed by atoms with Gasteiger partial charge < -0.3 is 9.64 Å². The van der Waals surface area contributed by atoms with Gasteiger partial charge in [0.15, 0.2) is 6.17 Å². The molecule has 0 fully saturated rings. The van der Waals surface area contributed by atoms with Crippen LogP contribution in [0.5, 0.6) is 5.75 Å². The maximum absolute atomic E-state index is 12.9. The van der Waals surface area contributed by atoms with Crippen molar-refractivity contribution in [3.05, 3.63) is 29.0 Å². The Morgan fingerprint density at radius 2 is 2.35 bits per heavy atom. The molecule has 4 nitrogen and oxygen atoms in total. The van der Waals surface area contributed by atoms with Crippen molar-refractivity contribution >= 4 is 28.9 Å². The van der Waals surface area contributed by atoms with Crippen LogP contribution in [0.2, 0.25) is 5.02 Å². The van der Waals surface area contributed by atoms with Gasteiger partial charge in [-0.05, 0) is 24.4 Å². The van der Waals surface area contributed by atoms with Crippen LogP contribution >= 0.6 is 23.8 Å². The molecule has 0 spiro atoms. The Bertz CT molecular complexity index is 483. The summed E-state index contributed by atoms with van der Waals surface area (Å²) in [4.78, 5) is 1.72. The number of likely N-dealkylation sites (N-methyl/N-ethyl adjacent to an activating group) is 1. The maximum atomic E-state index is 12.9. The summed E-state index contributed by atoms with van der Waals surface area (Å²) in [6, 6.07) is 4.18. The molecular weight excluding hydrogens is 265 g/mol. The molecule has 0 aromatic heterocycles. The van der Waals surface area contributed by atoms with Gasteiger partial charge in [0.05, 0.1) is 5.02 Å². The van der Waals surface area contributed by atoms with E-state index < -0.39 is 5.82 Å². The number of hydrogen-bond acceptors (Lipinski definition) is 3. The molecule has 0 N–H and O–H groups in total. The monoisotopic (exact) mass is 273 g/mol. The molecule has 1 aromatic rings. The van der Waals surface area contributed by atoms with E-state index in [1.165, 1.54) is 18.2 Å². The van der Waals surface area contributed by atoms with Gasteiger partial charge in [0.25, 0.3) is 0 Å². The Morgan fingerprint density at radius 1 is 1.59 bits per heavy atom. The molecule has 0 bridgehead atoms. The van der Waals surface area contributed by atoms with Crippen molar-refractivity contribution in [1.82, 2.24) is 4.90 Å². The zero-order valence-corrected chi connectivity index (χ0v) is 10.5. The van der Waals surface area contributed by atoms with Gasteiger partial charge in [-0.3, -0.25) is 0 Å². The number of nitrogens with zero attached hydrogens (tertiary/aromatic N) is 3. The number of azo groups is 1. The first-order chi connectivity index (χ1) is 8.08. The van der Waals surface area contributed by atoms with Crippen LogP contribution in [0.4, 0.5) is 4.39 Å². The first kappa shape index (κ1) is 12.2. The standard InChI is InChI=1S/C10H9ClFN3OS/c1-15-9(13-14-10(15)17)5-16-6-2-3-8(12)7(11)4-6/h2-4,9H,5H2,1H3. The third-order valence-electron chi connectivity index (χ3n) is 2.32. The second-order valence-corrected chi connectivity index (χ2v) is 4.25. The van der Waals surface area contributed by atoms with Crippen LogP contribution in [-0.2, 0) is 0 Å². The zero-order valence-electron chi connectivity index (χ0n) is 8.93. The summed E-state index contributed by atoms with van der Waals surface area (Å²) in [5.74, 6) is 0.00989. The summed E-state index contributed by atoms with van der Waals surface area (Å²) < 4.78 is 18.3. The first-order valence-corrected chi connectivity index (χ1v) is 5.62. The van der Waals surface area contributed by atoms with E-state index in [9.17, 15) is 4.39 Å². The third kappa shape index (κ3) is 2.70. The van der Waals surface area contributed by atoms with E-state index in [1.54, 1.807) is 11.9 Å². The fraction of sp³-hybridized carbons (Fsp3) is 0.300. The second-order valence-electron chi connectivity index (χ2n) is 3.48. The van der Waals surface area contributed by atoms with Crippen LogP contribution in [0.3, 0.4) is 0 Å². The Balaban J connectivity index is 1.96. The van der Waals surface area contributed by atoms with Gasteiger partial charge in [-0.2, -0.15) is 5.11 Å². The van der Waals surface area contributed by atoms with Crippen molar-refractivity contribution in [2.75, 3.05) is 13.7 Å². The normalized spacial score (nSPS) is 18.9. The van der Waals surface area contributed by atoms with Gasteiger partial charge in [0, 0.05) is 13.1 Å². The van der Waals surface area contributed by atoms with E-state index in [-0.39, 0.29) is 17.8 Å². The van der Waals surface area contributed by atoms with Gasteiger partial charge in [-0.1, -0.05) is 11.6 Å². The predicted octanol–water partition coefficient (Wildman–Crippen LogP) is 2.87. The lowest BCUT2D eigenvalue weighted by Crippen LogP contribution is -2.33. The topological polar surface area (TPSA) is 37.2 Å². The largest absolute Gasteiger partial charge is 0.489 e. The van der Waals surface area contributed by atoms with Crippen molar-refractivity contribution in [1.29, 1.82) is 0 Å². The van der Waals surface area contributed by atoms with Crippen LogP contribution in [0.25, 0.3) is 0 Å². The quantitative estimate of drug-likeness (QED) is 0.795. The summed E-state index contributed by atoms with van der Waals surface area (Å²) in [7, 11) is 1.79. The highest BCUT2D eigenvalue weighted by Gasteiger charge is 2.23. The molecular formula is C10H9ClFN3OS. The number of hydrogen-bond donors (Lipinski definition) is 0. The number of ether oxygens (including phenoxy) is 1. The molecule has 7 heteroatoms. The minimum atomic E-state index is -0.474. The van der Waals surface area contributed by atoms with E-state index in [0.29, 0.717) is 10.9 Å². The fourth-order valence-corrected chi connectivity index (χ4v) is 1.61. The molecule has 1 heterocycles. The van der Waals surface area contributed by atoms with E-state index in [4.69, 9.17) is 28.6 Å². The van der Waals surface area contributed by atoms with Crippen molar-refractivity contribution in [3.8, 4) is 5.75 Å². The zero-order chi connectivity index (χ0) is 12.4. The minimum absolute atomic E-state index is 0.0272. The van der Waals surface area contributed by atoms with Crippen LogP contribution < -0.4 is 4.74 Å². The molecule has 0 amide bonds. The Labute approximate surface area is 108 Å². The number of rotatable bonds is 3. The lowest BCUT2D eigenvalue weighted by atomic mass is 10.3. The molecule has 1 aromatic carbocycles. The van der Waals surface area contributed by atoms with Crippen molar-refractivity contribution in [3.63, 3.8) is 0 Å². The Morgan fingerprint density at radius 3 is 2.94 bits per heavy atom. The summed E-state index contributed by atoms with van der Waals surface area (Å²) in [5, 5.41) is 8.14. The average molecular weight is 274 g/mol. The highest BCUT2D eigenvalue weighted by molar-refractivity contribution is 7.80. The van der Waals surface area contributed by atoms with Gasteiger partial charge >= 0.3 is 0 Å². The molecule has 17 heavy (non-hydrogen) atoms. The maximum Gasteiger partial charge on any atom is 0.217 e. The van der Waals surface area contributed by atoms with Crippen LogP contribution in [0, 0.1) is 5.82 Å². The first-order valence-electron chi connectivity index (χ1n) is 4.83. The van der Waals surface area contributed by atoms with Crippen molar-refractivity contribution < 1.29 is 9.13 Å². The van der Waals surface area contributed by atoms with E-state index in [1.807, 2.05) is 0 Å². The number of benzene rings is 1. The minimum Gasteiger partial charge on any atom is -0.489 e. The smallest absolute Gasteiger partial charge is 0.217 e. The van der Waals surface area contributed by atoms with Gasteiger partial charge in [-0.15, -0.1) is 5.11 Å². The predicted molar refractivity (Wildman–Crippen MR) is 65.9 cm³/mol. The van der Waals surface area contributed by atoms with Gasteiger partial charge in [-0.25, -0.2) is 4.39 Å². The molecule has 0 radical (unpaired) electrons. The molecule has 1 aliphatic heterocycles. The molecule has 0 aliphatic carbocycles. The molecule has 1 aliphatic rings. The summed E-state index contributed by atoms with van der Waals surface area (Å²) in [5.41, 5.74) is 0. The molecule has 0 saturated carbocycles. The lowest BCUT2D eigenvalue weighted by Gasteiger charge is -2.17. The number of halogens is 2. The van der Waals surface area contributed by atoms with E-state index >= 15 is 0 Å². The molecule has 1 unspecified atom stereocenters. The molecule has 1 atom stereocenters. The van der Waals surface area contributed by atoms with Gasteiger partial charge in [0.1, 0.15) is 18.2 Å². The average Bonchev–Trinajstić information content (AvgIpc) is 2.62. The van der Waals surface area contributed by atoms with E-state index in [2.05, 4.69) is 10.2 Å². The SMILES string of the molecule is CN1C(=S)N=NC1COc1ccc(F)c(Cl)c1. The van der Waals surface area contributed by atoms with Crippen LogP contribution in [-0.4, -0.2) is 29.8 Å². The summed E-state index contributed by atoms with van der Waals surface area (Å²) in [6.07, 6.45) is -0.244. The fourth-order valence-electron chi connectivity index (χ4n) is 1.27. The molecule has 0 saturated heterocycles.